The average molecular weight is 388 g/mol. The monoisotopic (exact) mass is 387 g/mol. The van der Waals surface area contributed by atoms with Crippen LogP contribution in [0.15, 0.2) is 59.0 Å². The first kappa shape index (κ1) is 18.1. The van der Waals surface area contributed by atoms with Crippen LogP contribution in [0.5, 0.6) is 0 Å². The topological polar surface area (TPSA) is 129 Å². The number of carbonyl (C=O) groups is 1. The minimum absolute atomic E-state index is 0.0605. The smallest absolute Gasteiger partial charge is 0.291 e. The van der Waals surface area contributed by atoms with Crippen LogP contribution in [-0.2, 0) is 0 Å². The summed E-state index contributed by atoms with van der Waals surface area (Å²) in [5.41, 5.74) is -0.134. The molecule has 0 spiro atoms. The van der Waals surface area contributed by atoms with E-state index in [-0.39, 0.29) is 39.2 Å². The Balaban J connectivity index is 1.85. The van der Waals surface area contributed by atoms with Crippen molar-refractivity contribution in [3.63, 3.8) is 0 Å². The normalized spacial score (nSPS) is 10.4. The van der Waals surface area contributed by atoms with Crippen LogP contribution >= 0.6 is 11.6 Å². The van der Waals surface area contributed by atoms with Gasteiger partial charge in [-0.3, -0.25) is 25.0 Å². The molecule has 0 aliphatic rings. The molecule has 0 aliphatic carbocycles. The highest BCUT2D eigenvalue weighted by Crippen LogP contribution is 2.31. The molecule has 0 saturated carbocycles. The molecule has 0 atom stereocenters. The van der Waals surface area contributed by atoms with Crippen LogP contribution in [0.2, 0.25) is 5.02 Å². The lowest BCUT2D eigenvalue weighted by atomic mass is 10.1. The maximum atomic E-state index is 12.3. The number of amides is 1. The predicted molar refractivity (Wildman–Crippen MR) is 96.9 cm³/mol. The molecule has 1 N–H and O–H groups in total. The third-order valence-corrected chi connectivity index (χ3v) is 3.92. The Labute approximate surface area is 156 Å². The van der Waals surface area contributed by atoms with Crippen LogP contribution in [0.1, 0.15) is 10.6 Å². The largest absolute Gasteiger partial charge is 0.451 e. The fourth-order valence-corrected chi connectivity index (χ4v) is 2.56. The maximum Gasteiger partial charge on any atom is 0.291 e. The van der Waals surface area contributed by atoms with Crippen LogP contribution in [0.25, 0.3) is 11.3 Å². The summed E-state index contributed by atoms with van der Waals surface area (Å²) < 4.78 is 5.42. The Morgan fingerprint density at radius 2 is 1.67 bits per heavy atom. The third-order valence-electron chi connectivity index (χ3n) is 3.60. The molecule has 2 aromatic carbocycles. The van der Waals surface area contributed by atoms with Gasteiger partial charge < -0.3 is 9.73 Å². The second kappa shape index (κ2) is 7.26. The van der Waals surface area contributed by atoms with Gasteiger partial charge in [0.05, 0.1) is 15.4 Å². The Morgan fingerprint density at radius 3 is 2.37 bits per heavy atom. The highest BCUT2D eigenvalue weighted by atomic mass is 35.5. The average Bonchev–Trinajstić information content (AvgIpc) is 3.13. The third kappa shape index (κ3) is 3.77. The van der Waals surface area contributed by atoms with Crippen molar-refractivity contribution in [2.45, 2.75) is 0 Å². The number of hydrogen-bond donors (Lipinski definition) is 1. The Hall–Kier alpha value is -3.72. The summed E-state index contributed by atoms with van der Waals surface area (Å²) in [7, 11) is 0. The van der Waals surface area contributed by atoms with Gasteiger partial charge in [0.1, 0.15) is 10.8 Å². The molecule has 10 heteroatoms. The van der Waals surface area contributed by atoms with Gasteiger partial charge in [-0.2, -0.15) is 0 Å². The van der Waals surface area contributed by atoms with E-state index in [9.17, 15) is 25.0 Å². The summed E-state index contributed by atoms with van der Waals surface area (Å²) >= 11 is 5.73. The number of halogens is 1. The zero-order valence-electron chi connectivity index (χ0n) is 13.4. The van der Waals surface area contributed by atoms with E-state index >= 15 is 0 Å². The standard InChI is InChI=1S/C17H10ClN3O6/c18-12-6-5-10(9-14(12)21(25)26)19-17(22)16-8-7-15(27-16)11-3-1-2-4-13(11)20(23)24/h1-9H,(H,19,22). The second-order valence-corrected chi connectivity index (χ2v) is 5.72. The number of nitrogens with zero attached hydrogens (tertiary/aromatic N) is 2. The molecule has 3 rings (SSSR count). The predicted octanol–water partition coefficient (Wildman–Crippen LogP) is 4.67. The van der Waals surface area contributed by atoms with E-state index in [2.05, 4.69) is 5.32 Å². The van der Waals surface area contributed by atoms with Crippen LogP contribution in [0.4, 0.5) is 17.1 Å². The quantitative estimate of drug-likeness (QED) is 0.500. The Morgan fingerprint density at radius 1 is 0.963 bits per heavy atom. The minimum Gasteiger partial charge on any atom is -0.451 e. The molecular weight excluding hydrogens is 378 g/mol. The summed E-state index contributed by atoms with van der Waals surface area (Å²) in [6.45, 7) is 0. The van der Waals surface area contributed by atoms with Crippen molar-refractivity contribution in [3.8, 4) is 11.3 Å². The zero-order valence-corrected chi connectivity index (χ0v) is 14.2. The van der Waals surface area contributed by atoms with E-state index in [0.717, 1.165) is 6.07 Å². The highest BCUT2D eigenvalue weighted by molar-refractivity contribution is 6.32. The molecule has 0 unspecified atom stereocenters. The summed E-state index contributed by atoms with van der Waals surface area (Å²) in [4.78, 5) is 33.1. The number of furan rings is 1. The molecule has 1 aromatic heterocycles. The molecule has 0 radical (unpaired) electrons. The van der Waals surface area contributed by atoms with Gasteiger partial charge in [-0.15, -0.1) is 0 Å². The van der Waals surface area contributed by atoms with Crippen LogP contribution in [0.3, 0.4) is 0 Å². The van der Waals surface area contributed by atoms with E-state index < -0.39 is 15.8 Å². The van der Waals surface area contributed by atoms with Gasteiger partial charge >= 0.3 is 0 Å². The molecule has 136 valence electrons. The van der Waals surface area contributed by atoms with Gasteiger partial charge in [-0.1, -0.05) is 23.7 Å². The van der Waals surface area contributed by atoms with Crippen LogP contribution < -0.4 is 5.32 Å². The van der Waals surface area contributed by atoms with E-state index in [1.54, 1.807) is 6.07 Å². The number of para-hydroxylation sites is 1. The Bertz CT molecular complexity index is 1060. The van der Waals surface area contributed by atoms with Crippen LogP contribution in [-0.4, -0.2) is 15.8 Å². The number of rotatable bonds is 5. The molecule has 0 saturated heterocycles. The number of anilines is 1. The first-order valence-corrected chi connectivity index (χ1v) is 7.83. The molecule has 0 bridgehead atoms. The number of nitro benzene ring substituents is 2. The van der Waals surface area contributed by atoms with Gasteiger partial charge in [0, 0.05) is 17.8 Å². The van der Waals surface area contributed by atoms with Crippen molar-refractivity contribution in [3.05, 3.63) is 85.6 Å². The zero-order chi connectivity index (χ0) is 19.6. The summed E-state index contributed by atoms with van der Waals surface area (Å²) in [6, 6.07) is 12.5. The molecular formula is C17H10ClN3O6. The van der Waals surface area contributed by atoms with E-state index in [4.69, 9.17) is 16.0 Å². The molecule has 27 heavy (non-hydrogen) atoms. The fraction of sp³-hybridized carbons (Fsp3) is 0. The lowest BCUT2D eigenvalue weighted by molar-refractivity contribution is -0.384. The van der Waals surface area contributed by atoms with Gasteiger partial charge in [0.15, 0.2) is 5.76 Å². The minimum atomic E-state index is -0.670. The van der Waals surface area contributed by atoms with E-state index in [0.29, 0.717) is 0 Å². The lowest BCUT2D eigenvalue weighted by Gasteiger charge is -2.04. The van der Waals surface area contributed by atoms with Crippen molar-refractivity contribution in [1.82, 2.24) is 0 Å². The SMILES string of the molecule is O=C(Nc1ccc(Cl)c([N+](=O)[O-])c1)c1ccc(-c2ccccc2[N+](=O)[O-])o1. The Kier molecular flexibility index (Phi) is 4.86. The molecule has 1 heterocycles. The molecule has 1 amide bonds. The van der Waals surface area contributed by atoms with Crippen molar-refractivity contribution < 1.29 is 19.1 Å². The van der Waals surface area contributed by atoms with Gasteiger partial charge in [0.25, 0.3) is 17.3 Å². The summed E-state index contributed by atoms with van der Waals surface area (Å²) in [5.74, 6) is -0.633. The number of nitro groups is 2. The van der Waals surface area contributed by atoms with Crippen molar-refractivity contribution >= 4 is 34.6 Å². The molecule has 0 aliphatic heterocycles. The number of hydrogen-bond acceptors (Lipinski definition) is 6. The van der Waals surface area contributed by atoms with Crippen molar-refractivity contribution in [2.24, 2.45) is 0 Å². The number of benzene rings is 2. The van der Waals surface area contributed by atoms with Crippen molar-refractivity contribution in [2.75, 3.05) is 5.32 Å². The number of nitrogens with one attached hydrogen (secondary N) is 1. The first-order valence-electron chi connectivity index (χ1n) is 7.45. The number of carbonyl (C=O) groups excluding carboxylic acids is 1. The van der Waals surface area contributed by atoms with Gasteiger partial charge in [-0.25, -0.2) is 0 Å². The first-order chi connectivity index (χ1) is 12.9. The van der Waals surface area contributed by atoms with E-state index in [1.165, 1.54) is 42.5 Å². The lowest BCUT2D eigenvalue weighted by Crippen LogP contribution is -2.11. The molecule has 0 fully saturated rings. The van der Waals surface area contributed by atoms with Gasteiger partial charge in [-0.05, 0) is 30.3 Å². The second-order valence-electron chi connectivity index (χ2n) is 5.32. The maximum absolute atomic E-state index is 12.3. The summed E-state index contributed by atoms with van der Waals surface area (Å²) in [5, 5.41) is 24.4. The van der Waals surface area contributed by atoms with Crippen molar-refractivity contribution in [1.29, 1.82) is 0 Å². The summed E-state index contributed by atoms with van der Waals surface area (Å²) in [6.07, 6.45) is 0. The van der Waals surface area contributed by atoms with Gasteiger partial charge in [0.2, 0.25) is 0 Å². The van der Waals surface area contributed by atoms with E-state index in [1.807, 2.05) is 0 Å². The highest BCUT2D eigenvalue weighted by Gasteiger charge is 2.20. The van der Waals surface area contributed by atoms with Crippen LogP contribution in [0, 0.1) is 20.2 Å². The molecule has 3 aromatic rings. The fourth-order valence-electron chi connectivity index (χ4n) is 2.37. The molecule has 9 nitrogen and oxygen atoms in total.